The van der Waals surface area contributed by atoms with Gasteiger partial charge in [-0.2, -0.15) is 0 Å². The first-order valence-electron chi connectivity index (χ1n) is 5.45. The maximum Gasteiger partial charge on any atom is 0.196 e. The Morgan fingerprint density at radius 1 is 1.31 bits per heavy atom. The van der Waals surface area contributed by atoms with E-state index in [-0.39, 0.29) is 5.78 Å². The molecule has 0 saturated carbocycles. The van der Waals surface area contributed by atoms with E-state index in [1.807, 2.05) is 26.0 Å². The van der Waals surface area contributed by atoms with Crippen molar-refractivity contribution in [1.29, 1.82) is 0 Å². The van der Waals surface area contributed by atoms with Gasteiger partial charge in [0.1, 0.15) is 5.60 Å². The van der Waals surface area contributed by atoms with E-state index in [2.05, 4.69) is 0 Å². The third-order valence-electron chi connectivity index (χ3n) is 3.07. The minimum absolute atomic E-state index is 0.0365. The second-order valence-electron chi connectivity index (χ2n) is 3.71. The van der Waals surface area contributed by atoms with Gasteiger partial charge >= 0.3 is 0 Å². The van der Waals surface area contributed by atoms with Gasteiger partial charge in [-0.3, -0.25) is 4.79 Å². The van der Waals surface area contributed by atoms with Crippen molar-refractivity contribution in [2.24, 2.45) is 0 Å². The van der Waals surface area contributed by atoms with E-state index >= 15 is 0 Å². The van der Waals surface area contributed by atoms with Gasteiger partial charge < -0.3 is 4.74 Å². The first kappa shape index (κ1) is 13.2. The molecular formula is C13H17ClO2. The molecule has 0 atom stereocenters. The molecule has 0 heterocycles. The largest absolute Gasteiger partial charge is 0.370 e. The summed E-state index contributed by atoms with van der Waals surface area (Å²) in [5.74, 6) is -0.0365. The summed E-state index contributed by atoms with van der Waals surface area (Å²) in [6.07, 6.45) is 1.29. The topological polar surface area (TPSA) is 26.3 Å². The first-order chi connectivity index (χ1) is 7.61. The fourth-order valence-electron chi connectivity index (χ4n) is 1.84. The van der Waals surface area contributed by atoms with E-state index in [1.165, 1.54) is 0 Å². The van der Waals surface area contributed by atoms with Crippen molar-refractivity contribution in [3.8, 4) is 0 Å². The highest BCUT2D eigenvalue weighted by atomic mass is 35.5. The summed E-state index contributed by atoms with van der Waals surface area (Å²) in [5, 5.41) is 0.482. The SMILES string of the molecule is CCC(CC)(OC)C(=O)c1ccccc1Cl. The van der Waals surface area contributed by atoms with Crippen molar-refractivity contribution in [3.63, 3.8) is 0 Å². The van der Waals surface area contributed by atoms with E-state index < -0.39 is 5.60 Å². The van der Waals surface area contributed by atoms with Crippen LogP contribution in [-0.4, -0.2) is 18.5 Å². The molecule has 1 aromatic rings. The fraction of sp³-hybridized carbons (Fsp3) is 0.462. The van der Waals surface area contributed by atoms with Crippen LogP contribution in [0.2, 0.25) is 5.02 Å². The van der Waals surface area contributed by atoms with Crippen molar-refractivity contribution in [2.45, 2.75) is 32.3 Å². The van der Waals surface area contributed by atoms with E-state index in [9.17, 15) is 4.79 Å². The van der Waals surface area contributed by atoms with Crippen LogP contribution in [0.25, 0.3) is 0 Å². The van der Waals surface area contributed by atoms with Gasteiger partial charge in [0.25, 0.3) is 0 Å². The number of ketones is 1. The smallest absolute Gasteiger partial charge is 0.196 e. The maximum atomic E-state index is 12.4. The number of rotatable bonds is 5. The molecule has 1 aromatic carbocycles. The highest BCUT2D eigenvalue weighted by Crippen LogP contribution is 2.28. The number of carbonyl (C=O) groups excluding carboxylic acids is 1. The lowest BCUT2D eigenvalue weighted by Crippen LogP contribution is -2.39. The Hall–Kier alpha value is -0.860. The second-order valence-corrected chi connectivity index (χ2v) is 4.12. The molecule has 88 valence electrons. The Morgan fingerprint density at radius 3 is 2.31 bits per heavy atom. The molecule has 0 aromatic heterocycles. The molecule has 1 rings (SSSR count). The average Bonchev–Trinajstić information content (AvgIpc) is 2.32. The van der Waals surface area contributed by atoms with Gasteiger partial charge in [-0.05, 0) is 25.0 Å². The zero-order chi connectivity index (χ0) is 12.2. The highest BCUT2D eigenvalue weighted by molar-refractivity contribution is 6.34. The quantitative estimate of drug-likeness (QED) is 0.733. The first-order valence-corrected chi connectivity index (χ1v) is 5.83. The molecular weight excluding hydrogens is 224 g/mol. The van der Waals surface area contributed by atoms with E-state index in [0.29, 0.717) is 23.4 Å². The number of carbonyl (C=O) groups is 1. The van der Waals surface area contributed by atoms with Gasteiger partial charge in [0, 0.05) is 12.7 Å². The molecule has 2 nitrogen and oxygen atoms in total. The number of hydrogen-bond donors (Lipinski definition) is 0. The molecule has 0 aliphatic rings. The van der Waals surface area contributed by atoms with Crippen LogP contribution in [0, 0.1) is 0 Å². The Morgan fingerprint density at radius 2 is 1.88 bits per heavy atom. The van der Waals surface area contributed by atoms with Crippen molar-refractivity contribution in [1.82, 2.24) is 0 Å². The van der Waals surface area contributed by atoms with Crippen molar-refractivity contribution in [3.05, 3.63) is 34.9 Å². The number of benzene rings is 1. The van der Waals surface area contributed by atoms with Gasteiger partial charge in [-0.15, -0.1) is 0 Å². The van der Waals surface area contributed by atoms with Crippen molar-refractivity contribution in [2.75, 3.05) is 7.11 Å². The predicted molar refractivity (Wildman–Crippen MR) is 66.1 cm³/mol. The van der Waals surface area contributed by atoms with Crippen LogP contribution in [0.5, 0.6) is 0 Å². The van der Waals surface area contributed by atoms with Crippen molar-refractivity contribution >= 4 is 17.4 Å². The minimum atomic E-state index is -0.745. The lowest BCUT2D eigenvalue weighted by molar-refractivity contribution is -0.00260. The molecule has 0 aliphatic heterocycles. The van der Waals surface area contributed by atoms with Crippen LogP contribution in [0.4, 0.5) is 0 Å². The third-order valence-corrected chi connectivity index (χ3v) is 3.39. The summed E-state index contributed by atoms with van der Waals surface area (Å²) >= 11 is 6.02. The van der Waals surface area contributed by atoms with Gasteiger partial charge in [0.15, 0.2) is 5.78 Å². The summed E-state index contributed by atoms with van der Waals surface area (Å²) in [6.45, 7) is 3.89. The van der Waals surface area contributed by atoms with E-state index in [1.54, 1.807) is 19.2 Å². The molecule has 0 fully saturated rings. The van der Waals surface area contributed by atoms with Crippen molar-refractivity contribution < 1.29 is 9.53 Å². The van der Waals surface area contributed by atoms with Gasteiger partial charge in [0.05, 0.1) is 5.02 Å². The number of halogens is 1. The normalized spacial score (nSPS) is 11.5. The second kappa shape index (κ2) is 5.46. The lowest BCUT2D eigenvalue weighted by Gasteiger charge is -2.28. The molecule has 0 radical (unpaired) electrons. The maximum absolute atomic E-state index is 12.4. The number of ether oxygens (including phenoxy) is 1. The molecule has 16 heavy (non-hydrogen) atoms. The molecule has 0 spiro atoms. The zero-order valence-electron chi connectivity index (χ0n) is 9.92. The zero-order valence-corrected chi connectivity index (χ0v) is 10.7. The molecule has 3 heteroatoms. The molecule has 0 bridgehead atoms. The number of methoxy groups -OCH3 is 1. The van der Waals surface area contributed by atoms with E-state index in [0.717, 1.165) is 0 Å². The summed E-state index contributed by atoms with van der Waals surface area (Å²) < 4.78 is 5.40. The van der Waals surface area contributed by atoms with Crippen LogP contribution in [0.1, 0.15) is 37.0 Å². The van der Waals surface area contributed by atoms with Crippen LogP contribution in [0.15, 0.2) is 24.3 Å². The standard InChI is InChI=1S/C13H17ClO2/c1-4-13(5-2,16-3)12(15)10-8-6-7-9-11(10)14/h6-9H,4-5H2,1-3H3. The average molecular weight is 241 g/mol. The number of hydrogen-bond acceptors (Lipinski definition) is 2. The lowest BCUT2D eigenvalue weighted by atomic mass is 9.87. The Balaban J connectivity index is 3.14. The predicted octanol–water partition coefficient (Wildman–Crippen LogP) is 3.73. The Bertz CT molecular complexity index is 362. The van der Waals surface area contributed by atoms with Gasteiger partial charge in [-0.25, -0.2) is 0 Å². The van der Waals surface area contributed by atoms with Crippen LogP contribution in [-0.2, 0) is 4.74 Å². The molecule has 0 aliphatic carbocycles. The Kier molecular flexibility index (Phi) is 4.51. The van der Waals surface area contributed by atoms with Gasteiger partial charge in [-0.1, -0.05) is 37.6 Å². The minimum Gasteiger partial charge on any atom is -0.370 e. The molecule has 0 unspecified atom stereocenters. The summed E-state index contributed by atoms with van der Waals surface area (Å²) in [6, 6.07) is 7.08. The van der Waals surface area contributed by atoms with Gasteiger partial charge in [0.2, 0.25) is 0 Å². The summed E-state index contributed by atoms with van der Waals surface area (Å²) in [7, 11) is 1.57. The van der Waals surface area contributed by atoms with Crippen LogP contribution >= 0.6 is 11.6 Å². The third kappa shape index (κ3) is 2.28. The van der Waals surface area contributed by atoms with E-state index in [4.69, 9.17) is 16.3 Å². The fourth-order valence-corrected chi connectivity index (χ4v) is 2.06. The molecule has 0 saturated heterocycles. The summed E-state index contributed by atoms with van der Waals surface area (Å²) in [4.78, 5) is 12.4. The molecule has 0 amide bonds. The monoisotopic (exact) mass is 240 g/mol. The summed E-state index contributed by atoms with van der Waals surface area (Å²) in [5.41, 5.74) is -0.208. The Labute approximate surface area is 102 Å². The highest BCUT2D eigenvalue weighted by Gasteiger charge is 2.36. The molecule has 0 N–H and O–H groups in total. The number of Topliss-reactive ketones (excluding diaryl/α,β-unsaturated/α-hetero) is 1. The van der Waals surface area contributed by atoms with Crippen LogP contribution in [0.3, 0.4) is 0 Å². The van der Waals surface area contributed by atoms with Crippen LogP contribution < -0.4 is 0 Å².